The third-order valence-corrected chi connectivity index (χ3v) is 4.45. The van der Waals surface area contributed by atoms with Crippen molar-refractivity contribution >= 4 is 11.9 Å². The third-order valence-electron chi connectivity index (χ3n) is 4.45. The van der Waals surface area contributed by atoms with Crippen molar-refractivity contribution in [2.24, 2.45) is 0 Å². The highest BCUT2D eigenvalue weighted by molar-refractivity contribution is 5.78. The van der Waals surface area contributed by atoms with E-state index in [-0.39, 0.29) is 24.0 Å². The van der Waals surface area contributed by atoms with Gasteiger partial charge in [0.05, 0.1) is 6.04 Å². The molecule has 140 valence electrons. The van der Waals surface area contributed by atoms with Crippen molar-refractivity contribution in [2.75, 3.05) is 13.1 Å². The van der Waals surface area contributed by atoms with Crippen LogP contribution in [0.3, 0.4) is 0 Å². The number of rotatable bonds is 10. The normalized spacial score (nSPS) is 13.0. The number of urea groups is 1. The minimum atomic E-state index is -0.0771. The standard InChI is InChI=1S/C20H33N3O2/c1-5-7-14-21-20(25)23(16(3)6-2)15-13-19(24)22-17(4)18-11-9-8-10-12-18/h8-12,16-17H,5-7,13-15H2,1-4H3,(H,21,25)(H,22,24)/t16-,17+/m1/s1. The molecule has 0 unspecified atom stereocenters. The molecular weight excluding hydrogens is 314 g/mol. The molecule has 1 rings (SSSR count). The lowest BCUT2D eigenvalue weighted by Gasteiger charge is -2.29. The summed E-state index contributed by atoms with van der Waals surface area (Å²) in [5, 5.41) is 5.95. The molecule has 25 heavy (non-hydrogen) atoms. The van der Waals surface area contributed by atoms with Gasteiger partial charge < -0.3 is 15.5 Å². The summed E-state index contributed by atoms with van der Waals surface area (Å²) in [5.74, 6) is -0.0361. The van der Waals surface area contributed by atoms with Crippen LogP contribution in [0, 0.1) is 0 Å². The molecule has 0 saturated carbocycles. The van der Waals surface area contributed by atoms with Crippen molar-refractivity contribution in [3.8, 4) is 0 Å². The Morgan fingerprint density at radius 3 is 2.40 bits per heavy atom. The van der Waals surface area contributed by atoms with Crippen molar-refractivity contribution in [3.05, 3.63) is 35.9 Å². The van der Waals surface area contributed by atoms with Gasteiger partial charge in [-0.15, -0.1) is 0 Å². The Morgan fingerprint density at radius 2 is 1.80 bits per heavy atom. The Bertz CT molecular complexity index is 519. The minimum Gasteiger partial charge on any atom is -0.350 e. The molecule has 0 heterocycles. The summed E-state index contributed by atoms with van der Waals surface area (Å²) in [7, 11) is 0. The molecule has 2 atom stereocenters. The number of benzene rings is 1. The zero-order chi connectivity index (χ0) is 18.7. The third kappa shape index (κ3) is 7.59. The summed E-state index contributed by atoms with van der Waals surface area (Å²) in [5.41, 5.74) is 1.08. The molecule has 2 N–H and O–H groups in total. The fourth-order valence-corrected chi connectivity index (χ4v) is 2.58. The second kappa shape index (κ2) is 11.5. The van der Waals surface area contributed by atoms with Gasteiger partial charge in [0, 0.05) is 25.6 Å². The predicted octanol–water partition coefficient (Wildman–Crippen LogP) is 3.86. The Balaban J connectivity index is 2.51. The first kappa shape index (κ1) is 21.0. The van der Waals surface area contributed by atoms with Gasteiger partial charge in [0.15, 0.2) is 0 Å². The molecule has 0 fully saturated rings. The number of hydrogen-bond donors (Lipinski definition) is 2. The van der Waals surface area contributed by atoms with Crippen LogP contribution in [0.1, 0.15) is 65.0 Å². The van der Waals surface area contributed by atoms with Crippen LogP contribution in [-0.4, -0.2) is 36.0 Å². The van der Waals surface area contributed by atoms with E-state index in [2.05, 4.69) is 24.5 Å². The molecule has 1 aromatic rings. The predicted molar refractivity (Wildman–Crippen MR) is 102 cm³/mol. The lowest BCUT2D eigenvalue weighted by atomic mass is 10.1. The zero-order valence-electron chi connectivity index (χ0n) is 16.0. The summed E-state index contributed by atoms with van der Waals surface area (Å²) < 4.78 is 0. The Hall–Kier alpha value is -2.04. The van der Waals surface area contributed by atoms with Crippen molar-refractivity contribution in [3.63, 3.8) is 0 Å². The van der Waals surface area contributed by atoms with Crippen molar-refractivity contribution < 1.29 is 9.59 Å². The smallest absolute Gasteiger partial charge is 0.317 e. The molecular formula is C20H33N3O2. The van der Waals surface area contributed by atoms with Crippen LogP contribution in [0.25, 0.3) is 0 Å². The zero-order valence-corrected chi connectivity index (χ0v) is 16.0. The quantitative estimate of drug-likeness (QED) is 0.631. The van der Waals surface area contributed by atoms with Gasteiger partial charge in [-0.1, -0.05) is 50.6 Å². The van der Waals surface area contributed by atoms with Crippen molar-refractivity contribution in [1.29, 1.82) is 0 Å². The van der Waals surface area contributed by atoms with E-state index in [1.807, 2.05) is 44.2 Å². The summed E-state index contributed by atoms with van der Waals surface area (Å²) in [6, 6.07) is 9.87. The van der Waals surface area contributed by atoms with Crippen LogP contribution in [0.15, 0.2) is 30.3 Å². The van der Waals surface area contributed by atoms with Gasteiger partial charge in [-0.05, 0) is 32.3 Å². The average Bonchev–Trinajstić information content (AvgIpc) is 2.62. The van der Waals surface area contributed by atoms with Crippen LogP contribution in [-0.2, 0) is 4.79 Å². The lowest BCUT2D eigenvalue weighted by Crippen LogP contribution is -2.46. The number of nitrogens with zero attached hydrogens (tertiary/aromatic N) is 1. The van der Waals surface area contributed by atoms with Crippen LogP contribution in [0.5, 0.6) is 0 Å². The Kier molecular flexibility index (Phi) is 9.66. The lowest BCUT2D eigenvalue weighted by molar-refractivity contribution is -0.122. The van der Waals surface area contributed by atoms with Gasteiger partial charge in [0.1, 0.15) is 0 Å². The van der Waals surface area contributed by atoms with E-state index in [1.54, 1.807) is 4.90 Å². The van der Waals surface area contributed by atoms with Crippen LogP contribution < -0.4 is 10.6 Å². The fourth-order valence-electron chi connectivity index (χ4n) is 2.58. The van der Waals surface area contributed by atoms with E-state index in [0.717, 1.165) is 24.8 Å². The molecule has 3 amide bonds. The molecule has 0 aliphatic heterocycles. The van der Waals surface area contributed by atoms with Gasteiger partial charge in [0.25, 0.3) is 0 Å². The molecule has 0 bridgehead atoms. The Morgan fingerprint density at radius 1 is 1.12 bits per heavy atom. The van der Waals surface area contributed by atoms with Crippen LogP contribution in [0.2, 0.25) is 0 Å². The maximum absolute atomic E-state index is 12.4. The number of amides is 3. The monoisotopic (exact) mass is 347 g/mol. The van der Waals surface area contributed by atoms with Crippen molar-refractivity contribution in [2.45, 2.75) is 65.5 Å². The minimum absolute atomic E-state index is 0.0361. The molecule has 5 heteroatoms. The highest BCUT2D eigenvalue weighted by Crippen LogP contribution is 2.12. The van der Waals surface area contributed by atoms with Gasteiger partial charge in [-0.3, -0.25) is 4.79 Å². The number of hydrogen-bond acceptors (Lipinski definition) is 2. The van der Waals surface area contributed by atoms with E-state index in [1.165, 1.54) is 0 Å². The average molecular weight is 348 g/mol. The molecule has 1 aromatic carbocycles. The molecule has 0 aliphatic rings. The number of carbonyl (C=O) groups excluding carboxylic acids is 2. The highest BCUT2D eigenvalue weighted by Gasteiger charge is 2.20. The highest BCUT2D eigenvalue weighted by atomic mass is 16.2. The van der Waals surface area contributed by atoms with E-state index in [0.29, 0.717) is 19.5 Å². The first-order valence-corrected chi connectivity index (χ1v) is 9.38. The van der Waals surface area contributed by atoms with Gasteiger partial charge >= 0.3 is 6.03 Å². The van der Waals surface area contributed by atoms with E-state index in [9.17, 15) is 9.59 Å². The number of carbonyl (C=O) groups is 2. The fraction of sp³-hybridized carbons (Fsp3) is 0.600. The molecule has 0 radical (unpaired) electrons. The molecule has 0 spiro atoms. The molecule has 0 saturated heterocycles. The van der Waals surface area contributed by atoms with Gasteiger partial charge in [-0.2, -0.15) is 0 Å². The maximum Gasteiger partial charge on any atom is 0.317 e. The topological polar surface area (TPSA) is 61.4 Å². The first-order valence-electron chi connectivity index (χ1n) is 9.38. The number of nitrogens with one attached hydrogen (secondary N) is 2. The summed E-state index contributed by atoms with van der Waals surface area (Å²) in [6.45, 7) is 9.24. The first-order chi connectivity index (χ1) is 12.0. The summed E-state index contributed by atoms with van der Waals surface area (Å²) in [6.07, 6.45) is 3.19. The van der Waals surface area contributed by atoms with Crippen LogP contribution in [0.4, 0.5) is 4.79 Å². The second-order valence-electron chi connectivity index (χ2n) is 6.49. The second-order valence-corrected chi connectivity index (χ2v) is 6.49. The maximum atomic E-state index is 12.4. The van der Waals surface area contributed by atoms with E-state index >= 15 is 0 Å². The molecule has 0 aliphatic carbocycles. The SMILES string of the molecule is CCCCNC(=O)N(CCC(=O)N[C@@H](C)c1ccccc1)[C@H](C)CC. The van der Waals surface area contributed by atoms with Gasteiger partial charge in [0.2, 0.25) is 5.91 Å². The summed E-state index contributed by atoms with van der Waals surface area (Å²) in [4.78, 5) is 26.4. The van der Waals surface area contributed by atoms with E-state index < -0.39 is 0 Å². The van der Waals surface area contributed by atoms with E-state index in [4.69, 9.17) is 0 Å². The molecule has 5 nitrogen and oxygen atoms in total. The molecule has 0 aromatic heterocycles. The van der Waals surface area contributed by atoms with Crippen LogP contribution >= 0.6 is 0 Å². The number of unbranched alkanes of at least 4 members (excludes halogenated alkanes) is 1. The summed E-state index contributed by atoms with van der Waals surface area (Å²) >= 11 is 0. The van der Waals surface area contributed by atoms with Crippen molar-refractivity contribution in [1.82, 2.24) is 15.5 Å². The Labute approximate surface area is 152 Å². The largest absolute Gasteiger partial charge is 0.350 e. The van der Waals surface area contributed by atoms with Gasteiger partial charge in [-0.25, -0.2) is 4.79 Å².